The molecule has 5 rings (SSSR count). The zero-order chi connectivity index (χ0) is 51.4. The van der Waals surface area contributed by atoms with Gasteiger partial charge < -0.3 is 46.3 Å². The number of carbonyl (C=O) groups is 11. The molecule has 0 aromatic carbocycles. The van der Waals surface area contributed by atoms with E-state index >= 15 is 0 Å². The maximum Gasteiger partial charge on any atom is 0.306 e. The minimum Gasteiger partial charge on any atom is -0.481 e. The summed E-state index contributed by atoms with van der Waals surface area (Å²) in [5.41, 5.74) is -2.78. The van der Waals surface area contributed by atoms with E-state index < -0.39 is 144 Å². The SMILES string of the molecule is CCC(=O)O[C@]1(C(=O)COCNC(=O)CNC(=O)CNC(=O)[C@H](C)NC(=O)[C@H](CCC(=O)O)NC(=O)CCN2C(=O)C(Br)=C(Br)C2=O)[C@@H](C)CC2[C@@H]3CCC4=CC(=O)C=C[C@]4(C)[C@@]3(Cl)[C@@H](O)C[C@@]21C. The van der Waals surface area contributed by atoms with Gasteiger partial charge in [0.2, 0.25) is 35.3 Å². The molecule has 0 aromatic rings. The highest BCUT2D eigenvalue weighted by atomic mass is 79.9. The molecule has 7 amide bonds. The summed E-state index contributed by atoms with van der Waals surface area (Å²) in [5, 5.41) is 32.9. The Hall–Kier alpha value is -4.84. The fraction of sp³-hybridized carbons (Fsp3) is 0.622. The Kier molecular flexibility index (Phi) is 17.6. The molecule has 378 valence electrons. The smallest absolute Gasteiger partial charge is 0.306 e. The first-order chi connectivity index (χ1) is 32.3. The number of carboxylic acids is 1. The summed E-state index contributed by atoms with van der Waals surface area (Å²) in [7, 11) is 0. The van der Waals surface area contributed by atoms with E-state index in [0.717, 1.165) is 10.5 Å². The fourth-order valence-corrected chi connectivity index (χ4v) is 12.1. The number of Topliss-reactive ketones (excluding diaryl/α,β-unsaturated/α-hetero) is 1. The fourth-order valence-electron chi connectivity index (χ4n) is 10.8. The van der Waals surface area contributed by atoms with Crippen molar-refractivity contribution in [3.8, 4) is 0 Å². The average Bonchev–Trinajstić information content (AvgIpc) is 3.62. The van der Waals surface area contributed by atoms with Gasteiger partial charge in [-0.15, -0.1) is 11.6 Å². The third-order valence-electron chi connectivity index (χ3n) is 14.3. The predicted octanol–water partition coefficient (Wildman–Crippen LogP) is 1.07. The number of aliphatic hydroxyl groups is 1. The van der Waals surface area contributed by atoms with Crippen molar-refractivity contribution in [3.05, 3.63) is 32.8 Å². The van der Waals surface area contributed by atoms with E-state index in [0.29, 0.717) is 19.3 Å². The highest BCUT2D eigenvalue weighted by Gasteiger charge is 2.76. The number of halogens is 3. The van der Waals surface area contributed by atoms with Crippen molar-refractivity contribution >= 4 is 108 Å². The van der Waals surface area contributed by atoms with Crippen LogP contribution < -0.4 is 26.6 Å². The van der Waals surface area contributed by atoms with Crippen molar-refractivity contribution in [2.45, 2.75) is 115 Å². The molecule has 0 spiro atoms. The van der Waals surface area contributed by atoms with Crippen LogP contribution in [0.15, 0.2) is 32.8 Å². The maximum atomic E-state index is 14.4. The number of hydrogen-bond acceptors (Lipinski definition) is 14. The number of esters is 1. The molecule has 10 atom stereocenters. The molecule has 0 aromatic heterocycles. The number of carboxylic acid groups (broad SMARTS) is 1. The summed E-state index contributed by atoms with van der Waals surface area (Å²) >= 11 is 13.5. The summed E-state index contributed by atoms with van der Waals surface area (Å²) in [6, 6.07) is -2.71. The minimum atomic E-state index is -1.71. The van der Waals surface area contributed by atoms with Crippen LogP contribution in [-0.2, 0) is 62.2 Å². The number of nitrogens with one attached hydrogen (secondary N) is 5. The molecule has 1 unspecified atom stereocenters. The molecule has 69 heavy (non-hydrogen) atoms. The monoisotopic (exact) mass is 1110 g/mol. The van der Waals surface area contributed by atoms with Crippen LogP contribution in [0.3, 0.4) is 0 Å². The number of hydrogen-bond donors (Lipinski definition) is 7. The van der Waals surface area contributed by atoms with Crippen molar-refractivity contribution in [1.82, 2.24) is 31.5 Å². The molecule has 0 saturated heterocycles. The molecule has 0 radical (unpaired) electrons. The molecule has 7 N–H and O–H groups in total. The van der Waals surface area contributed by atoms with Crippen LogP contribution in [-0.4, -0.2) is 142 Å². The number of allylic oxidation sites excluding steroid dienone is 4. The summed E-state index contributed by atoms with van der Waals surface area (Å²) in [4.78, 5) is 139. The first-order valence-corrected chi connectivity index (χ1v) is 24.4. The molecular weight excluding hydrogens is 1060 g/mol. The second-order valence-corrected chi connectivity index (χ2v) is 20.6. The lowest BCUT2D eigenvalue weighted by molar-refractivity contribution is -0.203. The van der Waals surface area contributed by atoms with Crippen LogP contribution in [0.1, 0.15) is 86.0 Å². The van der Waals surface area contributed by atoms with Crippen LogP contribution in [0.25, 0.3) is 0 Å². The highest BCUT2D eigenvalue weighted by molar-refractivity contribution is 9.14. The third kappa shape index (κ3) is 10.9. The van der Waals surface area contributed by atoms with Crippen LogP contribution in [0, 0.1) is 28.6 Å². The first kappa shape index (κ1) is 55.1. The van der Waals surface area contributed by atoms with Crippen molar-refractivity contribution in [1.29, 1.82) is 0 Å². The van der Waals surface area contributed by atoms with Gasteiger partial charge in [-0.2, -0.15) is 0 Å². The molecule has 24 heteroatoms. The largest absolute Gasteiger partial charge is 0.481 e. The van der Waals surface area contributed by atoms with Gasteiger partial charge in [0.15, 0.2) is 11.4 Å². The summed E-state index contributed by atoms with van der Waals surface area (Å²) in [6.07, 6.45) is 3.88. The molecule has 21 nitrogen and oxygen atoms in total. The number of amides is 7. The quantitative estimate of drug-likeness (QED) is 0.0278. The molecule has 1 heterocycles. The molecule has 3 fully saturated rings. The lowest BCUT2D eigenvalue weighted by Gasteiger charge is -2.64. The van der Waals surface area contributed by atoms with Crippen LogP contribution in [0.2, 0.25) is 0 Å². The van der Waals surface area contributed by atoms with Crippen LogP contribution in [0.5, 0.6) is 0 Å². The predicted molar refractivity (Wildman–Crippen MR) is 249 cm³/mol. The first-order valence-electron chi connectivity index (χ1n) is 22.5. The molecule has 5 aliphatic rings. The number of imide groups is 1. The topological polar surface area (TPSA) is 310 Å². The number of nitrogens with zero attached hydrogens (tertiary/aromatic N) is 1. The lowest BCUT2D eigenvalue weighted by Crippen LogP contribution is -2.69. The van der Waals surface area contributed by atoms with Gasteiger partial charge >= 0.3 is 11.9 Å². The number of ether oxygens (including phenoxy) is 2. The van der Waals surface area contributed by atoms with E-state index in [9.17, 15) is 57.8 Å². The normalized spacial score (nSPS) is 30.0. The van der Waals surface area contributed by atoms with Gasteiger partial charge in [0.1, 0.15) is 34.4 Å². The Balaban J connectivity index is 1.08. The Bertz CT molecular complexity index is 2270. The van der Waals surface area contributed by atoms with Crippen LogP contribution >= 0.6 is 43.5 Å². The molecule has 1 aliphatic heterocycles. The number of aliphatic carboxylic acids is 1. The number of alkyl halides is 1. The van der Waals surface area contributed by atoms with E-state index in [4.69, 9.17) is 26.2 Å². The van der Waals surface area contributed by atoms with Gasteiger partial charge in [-0.1, -0.05) is 39.3 Å². The summed E-state index contributed by atoms with van der Waals surface area (Å²) in [5.74, 6) is -9.15. The Labute approximate surface area is 419 Å². The molecule has 0 bridgehead atoms. The number of rotatable bonds is 21. The lowest BCUT2D eigenvalue weighted by atomic mass is 9.45. The second kappa shape index (κ2) is 22.1. The highest BCUT2D eigenvalue weighted by Crippen LogP contribution is 2.72. The van der Waals surface area contributed by atoms with E-state index in [-0.39, 0.29) is 52.4 Å². The van der Waals surface area contributed by atoms with E-state index in [1.807, 2.05) is 20.8 Å². The standard InChI is InChI=1S/C45H57Br2ClN6O15/c1-6-35(63)69-45(22(2)15-27-26-8-7-24-16-25(55)11-13-42(24,4)44(26,48)29(56)17-43(27,45)5)30(57)20-68-21-51-33(60)18-49-32(59)19-50-38(64)23(3)52-39(65)28(9-10-34(61)62)53-31(58)12-14-54-40(66)36(46)37(47)41(54)67/h11,13,16,22-23,26-29,56H,6-10,12,14-15,17-21H2,1-5H3,(H,49,59)(H,50,64)(H,51,60)(H,52,65)(H,53,58)(H,61,62)/t22-,23-,26-,27?,28-,29-,42-,43-,44-,45-/m0/s1. The van der Waals surface area contributed by atoms with Gasteiger partial charge in [0, 0.05) is 42.6 Å². The van der Waals surface area contributed by atoms with E-state index in [1.54, 1.807) is 19.1 Å². The van der Waals surface area contributed by atoms with Crippen molar-refractivity contribution in [2.24, 2.45) is 28.6 Å². The molecule has 4 aliphatic carbocycles. The van der Waals surface area contributed by atoms with E-state index in [1.165, 1.54) is 13.0 Å². The number of fused-ring (bicyclic) bond motifs is 5. The number of ketones is 2. The van der Waals surface area contributed by atoms with Gasteiger partial charge in [0.25, 0.3) is 11.8 Å². The summed E-state index contributed by atoms with van der Waals surface area (Å²) in [6.45, 7) is 5.86. The van der Waals surface area contributed by atoms with Gasteiger partial charge in [-0.05, 0) is 94.9 Å². The van der Waals surface area contributed by atoms with Crippen molar-refractivity contribution < 1.29 is 72.4 Å². The van der Waals surface area contributed by atoms with Gasteiger partial charge in [0.05, 0.1) is 24.1 Å². The maximum absolute atomic E-state index is 14.4. The zero-order valence-electron chi connectivity index (χ0n) is 38.7. The third-order valence-corrected chi connectivity index (χ3v) is 17.2. The van der Waals surface area contributed by atoms with Gasteiger partial charge in [-0.25, -0.2) is 0 Å². The Morgan fingerprint density at radius 2 is 1.55 bits per heavy atom. The molecule has 3 saturated carbocycles. The van der Waals surface area contributed by atoms with Crippen molar-refractivity contribution in [2.75, 3.05) is 33.0 Å². The Morgan fingerprint density at radius 1 is 0.913 bits per heavy atom. The molecular formula is C45H57Br2ClN6O15. The zero-order valence-corrected chi connectivity index (χ0v) is 42.6. The van der Waals surface area contributed by atoms with Crippen molar-refractivity contribution in [3.63, 3.8) is 0 Å². The Morgan fingerprint density at radius 3 is 2.19 bits per heavy atom. The van der Waals surface area contributed by atoms with Gasteiger partial charge in [-0.3, -0.25) is 57.6 Å². The van der Waals surface area contributed by atoms with E-state index in [2.05, 4.69) is 58.4 Å². The summed E-state index contributed by atoms with van der Waals surface area (Å²) < 4.78 is 11.7. The average molecular weight is 1120 g/mol. The number of carbonyl (C=O) groups excluding carboxylic acids is 10. The van der Waals surface area contributed by atoms with Crippen LogP contribution in [0.4, 0.5) is 0 Å². The number of aliphatic hydroxyl groups excluding tert-OH is 1. The minimum absolute atomic E-state index is 0.0147. The second-order valence-electron chi connectivity index (χ2n) is 18.4.